The molecule has 0 aliphatic heterocycles. The number of carbonyl (C=O) groups excluding carboxylic acids is 1. The predicted molar refractivity (Wildman–Crippen MR) is 56.3 cm³/mol. The van der Waals surface area contributed by atoms with Crippen molar-refractivity contribution in [1.29, 1.82) is 0 Å². The van der Waals surface area contributed by atoms with Crippen LogP contribution in [0, 0.1) is 17.3 Å². The number of amides is 1. The van der Waals surface area contributed by atoms with E-state index in [1.54, 1.807) is 13.8 Å². The zero-order valence-electron chi connectivity index (χ0n) is 9.54. The highest BCUT2D eigenvalue weighted by molar-refractivity contribution is 5.84. The van der Waals surface area contributed by atoms with Gasteiger partial charge in [0, 0.05) is 12.5 Å². The number of aliphatic carboxylic acids is 1. The zero-order valence-corrected chi connectivity index (χ0v) is 9.54. The molecule has 0 aromatic carbocycles. The Labute approximate surface area is 90.0 Å². The molecule has 86 valence electrons. The molecule has 2 unspecified atom stereocenters. The van der Waals surface area contributed by atoms with Gasteiger partial charge in [-0.2, -0.15) is 0 Å². The third-order valence-corrected chi connectivity index (χ3v) is 3.35. The van der Waals surface area contributed by atoms with E-state index in [1.807, 2.05) is 0 Å². The minimum Gasteiger partial charge on any atom is -0.481 e. The molecule has 0 aromatic rings. The predicted octanol–water partition coefficient (Wildman–Crippen LogP) is 1.26. The summed E-state index contributed by atoms with van der Waals surface area (Å²) < 4.78 is 0. The van der Waals surface area contributed by atoms with Crippen LogP contribution >= 0.6 is 0 Å². The fourth-order valence-electron chi connectivity index (χ4n) is 1.29. The van der Waals surface area contributed by atoms with E-state index in [4.69, 9.17) is 5.11 Å². The van der Waals surface area contributed by atoms with Crippen molar-refractivity contribution < 1.29 is 14.7 Å². The van der Waals surface area contributed by atoms with Crippen LogP contribution in [-0.2, 0) is 9.59 Å². The third kappa shape index (κ3) is 3.22. The Kier molecular flexibility index (Phi) is 3.37. The van der Waals surface area contributed by atoms with Gasteiger partial charge in [0.05, 0.1) is 5.92 Å². The van der Waals surface area contributed by atoms with Gasteiger partial charge in [-0.1, -0.05) is 20.8 Å². The van der Waals surface area contributed by atoms with Gasteiger partial charge >= 0.3 is 5.97 Å². The summed E-state index contributed by atoms with van der Waals surface area (Å²) in [6.45, 7) is 6.01. The van der Waals surface area contributed by atoms with E-state index in [2.05, 4.69) is 12.2 Å². The van der Waals surface area contributed by atoms with Crippen LogP contribution in [0.3, 0.4) is 0 Å². The standard InChI is InChI=1S/C11H19NO3/c1-7(8(2)10(14)15)9(13)12-6-11(3)4-5-11/h7-8H,4-6H2,1-3H3,(H,12,13)(H,14,15). The molecule has 0 saturated heterocycles. The first kappa shape index (κ1) is 12.0. The fraction of sp³-hybridized carbons (Fsp3) is 0.818. The monoisotopic (exact) mass is 213 g/mol. The lowest BCUT2D eigenvalue weighted by Gasteiger charge is -2.17. The second-order valence-electron chi connectivity index (χ2n) is 4.94. The number of carbonyl (C=O) groups is 2. The first-order chi connectivity index (χ1) is 6.86. The molecule has 0 aromatic heterocycles. The summed E-state index contributed by atoms with van der Waals surface area (Å²) in [6.07, 6.45) is 2.30. The summed E-state index contributed by atoms with van der Waals surface area (Å²) in [5.41, 5.74) is 0.266. The molecule has 0 radical (unpaired) electrons. The van der Waals surface area contributed by atoms with Crippen LogP contribution < -0.4 is 5.32 Å². The van der Waals surface area contributed by atoms with E-state index in [9.17, 15) is 9.59 Å². The van der Waals surface area contributed by atoms with Gasteiger partial charge in [-0.25, -0.2) is 0 Å². The molecule has 4 nitrogen and oxygen atoms in total. The SMILES string of the molecule is CC(C(=O)O)C(C)C(=O)NCC1(C)CC1. The van der Waals surface area contributed by atoms with Gasteiger partial charge < -0.3 is 10.4 Å². The van der Waals surface area contributed by atoms with E-state index < -0.39 is 17.8 Å². The van der Waals surface area contributed by atoms with Gasteiger partial charge in [0.1, 0.15) is 0 Å². The summed E-state index contributed by atoms with van der Waals surface area (Å²) in [7, 11) is 0. The highest BCUT2D eigenvalue weighted by Crippen LogP contribution is 2.44. The molecule has 4 heteroatoms. The number of carboxylic acid groups (broad SMARTS) is 1. The molecule has 0 heterocycles. The van der Waals surface area contributed by atoms with Crippen LogP contribution in [0.15, 0.2) is 0 Å². The Bertz CT molecular complexity index is 271. The largest absolute Gasteiger partial charge is 0.481 e. The number of hydrogen-bond donors (Lipinski definition) is 2. The van der Waals surface area contributed by atoms with Crippen molar-refractivity contribution in [2.45, 2.75) is 33.6 Å². The van der Waals surface area contributed by atoms with E-state index in [1.165, 1.54) is 0 Å². The number of rotatable bonds is 5. The van der Waals surface area contributed by atoms with E-state index in [0.29, 0.717) is 6.54 Å². The number of carboxylic acids is 1. The zero-order chi connectivity index (χ0) is 11.6. The van der Waals surface area contributed by atoms with E-state index in [0.717, 1.165) is 12.8 Å². The van der Waals surface area contributed by atoms with Gasteiger partial charge in [-0.3, -0.25) is 9.59 Å². The van der Waals surface area contributed by atoms with E-state index >= 15 is 0 Å². The Morgan fingerprint density at radius 1 is 1.33 bits per heavy atom. The molecule has 2 N–H and O–H groups in total. The van der Waals surface area contributed by atoms with Gasteiger partial charge in [0.25, 0.3) is 0 Å². The minimum absolute atomic E-state index is 0.155. The van der Waals surface area contributed by atoms with Crippen LogP contribution in [0.1, 0.15) is 33.6 Å². The summed E-state index contributed by atoms with van der Waals surface area (Å²) in [6, 6.07) is 0. The Morgan fingerprint density at radius 3 is 2.27 bits per heavy atom. The first-order valence-electron chi connectivity index (χ1n) is 5.36. The normalized spacial score (nSPS) is 21.5. The van der Waals surface area contributed by atoms with Crippen molar-refractivity contribution in [2.75, 3.05) is 6.54 Å². The molecule has 1 amide bonds. The third-order valence-electron chi connectivity index (χ3n) is 3.35. The number of nitrogens with one attached hydrogen (secondary N) is 1. The lowest BCUT2D eigenvalue weighted by molar-refractivity contribution is -0.146. The van der Waals surface area contributed by atoms with E-state index in [-0.39, 0.29) is 11.3 Å². The maximum absolute atomic E-state index is 11.6. The second-order valence-corrected chi connectivity index (χ2v) is 4.94. The van der Waals surface area contributed by atoms with Gasteiger partial charge in [0.2, 0.25) is 5.91 Å². The Hall–Kier alpha value is -1.06. The molecular formula is C11H19NO3. The molecule has 1 aliphatic carbocycles. The average molecular weight is 213 g/mol. The topological polar surface area (TPSA) is 66.4 Å². The Morgan fingerprint density at radius 2 is 1.87 bits per heavy atom. The molecule has 1 saturated carbocycles. The van der Waals surface area contributed by atoms with Crippen LogP contribution in [0.4, 0.5) is 0 Å². The van der Waals surface area contributed by atoms with Crippen molar-refractivity contribution in [1.82, 2.24) is 5.32 Å². The smallest absolute Gasteiger partial charge is 0.307 e. The summed E-state index contributed by atoms with van der Waals surface area (Å²) in [5, 5.41) is 11.6. The summed E-state index contributed by atoms with van der Waals surface area (Å²) >= 11 is 0. The summed E-state index contributed by atoms with van der Waals surface area (Å²) in [4.78, 5) is 22.3. The molecule has 0 spiro atoms. The fourth-order valence-corrected chi connectivity index (χ4v) is 1.29. The van der Waals surface area contributed by atoms with Crippen LogP contribution in [0.5, 0.6) is 0 Å². The first-order valence-corrected chi connectivity index (χ1v) is 5.36. The highest BCUT2D eigenvalue weighted by atomic mass is 16.4. The van der Waals surface area contributed by atoms with Crippen LogP contribution in [0.25, 0.3) is 0 Å². The van der Waals surface area contributed by atoms with Gasteiger partial charge in [-0.15, -0.1) is 0 Å². The molecular weight excluding hydrogens is 194 g/mol. The molecule has 2 atom stereocenters. The lowest BCUT2D eigenvalue weighted by Crippen LogP contribution is -2.37. The van der Waals surface area contributed by atoms with Crippen LogP contribution in [0.2, 0.25) is 0 Å². The van der Waals surface area contributed by atoms with Crippen molar-refractivity contribution in [3.63, 3.8) is 0 Å². The van der Waals surface area contributed by atoms with Crippen molar-refractivity contribution >= 4 is 11.9 Å². The van der Waals surface area contributed by atoms with Crippen molar-refractivity contribution in [3.8, 4) is 0 Å². The number of hydrogen-bond acceptors (Lipinski definition) is 2. The minimum atomic E-state index is -0.921. The van der Waals surface area contributed by atoms with Crippen molar-refractivity contribution in [2.24, 2.45) is 17.3 Å². The molecule has 1 rings (SSSR count). The average Bonchev–Trinajstić information content (AvgIpc) is 2.91. The maximum atomic E-state index is 11.6. The molecule has 1 fully saturated rings. The molecule has 15 heavy (non-hydrogen) atoms. The van der Waals surface area contributed by atoms with Crippen molar-refractivity contribution in [3.05, 3.63) is 0 Å². The molecule has 0 bridgehead atoms. The Balaban J connectivity index is 2.35. The summed E-state index contributed by atoms with van der Waals surface area (Å²) in [5.74, 6) is -2.17. The van der Waals surface area contributed by atoms with Crippen LogP contribution in [-0.4, -0.2) is 23.5 Å². The highest BCUT2D eigenvalue weighted by Gasteiger charge is 2.38. The maximum Gasteiger partial charge on any atom is 0.307 e. The molecule has 1 aliphatic rings. The van der Waals surface area contributed by atoms with Gasteiger partial charge in [0.15, 0.2) is 0 Å². The quantitative estimate of drug-likeness (QED) is 0.722. The van der Waals surface area contributed by atoms with Gasteiger partial charge in [-0.05, 0) is 18.3 Å². The lowest BCUT2D eigenvalue weighted by atomic mass is 9.95. The second kappa shape index (κ2) is 4.21.